The lowest BCUT2D eigenvalue weighted by atomic mass is 9.41. The Hall–Kier alpha value is -0.650. The van der Waals surface area contributed by atoms with Crippen molar-refractivity contribution in [2.45, 2.75) is 172 Å². The van der Waals surface area contributed by atoms with Gasteiger partial charge in [0.25, 0.3) is 0 Å². The first-order valence-corrected chi connectivity index (χ1v) is 22.6. The predicted molar refractivity (Wildman–Crippen MR) is 204 cm³/mol. The van der Waals surface area contributed by atoms with E-state index < -0.39 is 118 Å². The Bertz CT molecular complexity index is 1490. The maximum atomic E-state index is 12.8. The lowest BCUT2D eigenvalue weighted by Gasteiger charge is -2.66. The van der Waals surface area contributed by atoms with E-state index in [1.807, 2.05) is 6.92 Å². The van der Waals surface area contributed by atoms with E-state index in [0.717, 1.165) is 12.8 Å². The molecule has 2 aliphatic heterocycles. The van der Waals surface area contributed by atoms with Crippen molar-refractivity contribution >= 4 is 10.4 Å². The van der Waals surface area contributed by atoms with Gasteiger partial charge < -0.3 is 64.5 Å². The van der Waals surface area contributed by atoms with Crippen LogP contribution in [0.5, 0.6) is 0 Å². The second kappa shape index (κ2) is 17.8. The zero-order chi connectivity index (χ0) is 42.7. The molecule has 21 atom stereocenters. The Kier molecular flexibility index (Phi) is 14.4. The predicted octanol–water partition coefficient (Wildman–Crippen LogP) is 0.512. The average Bonchev–Trinajstić information content (AvgIpc) is 3.42. The van der Waals surface area contributed by atoms with E-state index in [4.69, 9.17) is 27.9 Å². The Labute approximate surface area is 342 Å². The molecular formula is C40H70O17S. The Balaban J connectivity index is 1.10. The summed E-state index contributed by atoms with van der Waals surface area (Å²) in [6.45, 7) is 10.3. The van der Waals surface area contributed by atoms with Gasteiger partial charge in [-0.05, 0) is 85.4 Å². The zero-order valence-corrected chi connectivity index (χ0v) is 35.5. The maximum Gasteiger partial charge on any atom is 0.397 e. The summed E-state index contributed by atoms with van der Waals surface area (Å²) in [7, 11) is -3.64. The minimum absolute atomic E-state index is 0.0332. The van der Waals surface area contributed by atoms with Gasteiger partial charge in [-0.2, -0.15) is 8.42 Å². The first-order valence-electron chi connectivity index (χ1n) is 21.2. The fourth-order valence-electron chi connectivity index (χ4n) is 12.9. The van der Waals surface area contributed by atoms with Gasteiger partial charge in [-0.1, -0.05) is 41.0 Å². The smallest absolute Gasteiger partial charge is 0.393 e. The minimum Gasteiger partial charge on any atom is -0.393 e. The first kappa shape index (κ1) is 46.8. The summed E-state index contributed by atoms with van der Waals surface area (Å²) in [4.78, 5) is 0. The van der Waals surface area contributed by atoms with Gasteiger partial charge in [-0.3, -0.25) is 4.55 Å². The molecule has 0 bridgehead atoms. The highest BCUT2D eigenvalue weighted by Crippen LogP contribution is 2.70. The zero-order valence-electron chi connectivity index (χ0n) is 34.7. The van der Waals surface area contributed by atoms with E-state index in [-0.39, 0.29) is 56.3 Å². The van der Waals surface area contributed by atoms with Crippen LogP contribution in [0.25, 0.3) is 0 Å². The molecule has 4 saturated carbocycles. The van der Waals surface area contributed by atoms with Gasteiger partial charge in [0, 0.05) is 25.4 Å². The number of hydrogen-bond donors (Lipinski definition) is 9. The molecule has 17 nitrogen and oxygen atoms in total. The van der Waals surface area contributed by atoms with Crippen LogP contribution in [0.3, 0.4) is 0 Å². The molecule has 338 valence electrons. The van der Waals surface area contributed by atoms with Gasteiger partial charge in [0.05, 0.1) is 49.8 Å². The number of aliphatic hydroxyl groups excluding tert-OH is 7. The lowest BCUT2D eigenvalue weighted by molar-refractivity contribution is -0.345. The van der Waals surface area contributed by atoms with Crippen molar-refractivity contribution in [2.24, 2.45) is 52.3 Å². The molecule has 58 heavy (non-hydrogen) atoms. The van der Waals surface area contributed by atoms with Crippen molar-refractivity contribution in [2.75, 3.05) is 26.9 Å². The number of fused-ring (bicyclic) bond motifs is 5. The van der Waals surface area contributed by atoms with Crippen LogP contribution < -0.4 is 0 Å². The SMILES string of the molecule is CO[C@H]1[C@H](O[C@H]2[C@H](OCC[C@@H](CC[C@@H](C)[C@H]3C[C@@H](O)[C@@H]4[C@]3(C)CC[C@H]3[C@@]4(O)C[C@H](OS(=O)(=O)O)C4[C@@H](O)[C@@H](O)CC[C@@]43C)C(C)C)OC[C@@H](O)[C@@H]2O)OC[C@@H](O)[C@@H]1O. The van der Waals surface area contributed by atoms with Crippen molar-refractivity contribution in [3.05, 3.63) is 0 Å². The molecule has 6 rings (SSSR count). The van der Waals surface area contributed by atoms with Crippen LogP contribution in [0.4, 0.5) is 0 Å². The number of methoxy groups -OCH3 is 1. The van der Waals surface area contributed by atoms with Crippen molar-refractivity contribution in [3.63, 3.8) is 0 Å². The fourth-order valence-corrected chi connectivity index (χ4v) is 13.4. The Morgan fingerprint density at radius 1 is 0.776 bits per heavy atom. The number of ether oxygens (including phenoxy) is 5. The van der Waals surface area contributed by atoms with Crippen LogP contribution in [-0.4, -0.2) is 160 Å². The van der Waals surface area contributed by atoms with Gasteiger partial charge in [0.2, 0.25) is 0 Å². The van der Waals surface area contributed by atoms with Crippen LogP contribution in [0.1, 0.15) is 92.4 Å². The summed E-state index contributed by atoms with van der Waals surface area (Å²) < 4.78 is 67.9. The monoisotopic (exact) mass is 854 g/mol. The van der Waals surface area contributed by atoms with Gasteiger partial charge in [0.15, 0.2) is 12.6 Å². The molecule has 18 heteroatoms. The second-order valence-corrected chi connectivity index (χ2v) is 20.5. The summed E-state index contributed by atoms with van der Waals surface area (Å²) in [5.41, 5.74) is -2.88. The van der Waals surface area contributed by atoms with Crippen LogP contribution >= 0.6 is 0 Å². The normalized spacial score (nSPS) is 49.5. The molecule has 4 aliphatic carbocycles. The van der Waals surface area contributed by atoms with E-state index >= 15 is 0 Å². The molecule has 0 spiro atoms. The van der Waals surface area contributed by atoms with Gasteiger partial charge >= 0.3 is 10.4 Å². The third-order valence-corrected chi connectivity index (χ3v) is 16.3. The largest absolute Gasteiger partial charge is 0.397 e. The number of hydrogen-bond acceptors (Lipinski definition) is 16. The van der Waals surface area contributed by atoms with E-state index in [1.165, 1.54) is 7.11 Å². The Morgan fingerprint density at radius 3 is 2.02 bits per heavy atom. The molecule has 0 radical (unpaired) electrons. The minimum atomic E-state index is -4.97. The van der Waals surface area contributed by atoms with E-state index in [9.17, 15) is 53.8 Å². The van der Waals surface area contributed by atoms with Crippen molar-refractivity contribution in [1.82, 2.24) is 0 Å². The van der Waals surface area contributed by atoms with E-state index in [0.29, 0.717) is 32.1 Å². The summed E-state index contributed by atoms with van der Waals surface area (Å²) in [6, 6.07) is 0. The second-order valence-electron chi connectivity index (χ2n) is 19.4. The van der Waals surface area contributed by atoms with Gasteiger partial charge in [-0.25, -0.2) is 4.18 Å². The maximum absolute atomic E-state index is 12.8. The molecule has 9 N–H and O–H groups in total. The highest BCUT2D eigenvalue weighted by atomic mass is 32.3. The third kappa shape index (κ3) is 8.79. The molecule has 2 heterocycles. The van der Waals surface area contributed by atoms with Crippen molar-refractivity contribution in [1.29, 1.82) is 0 Å². The summed E-state index contributed by atoms with van der Waals surface area (Å²) in [5.74, 6) is -1.19. The van der Waals surface area contributed by atoms with E-state index in [2.05, 4.69) is 27.7 Å². The molecular weight excluding hydrogens is 784 g/mol. The lowest BCUT2D eigenvalue weighted by Crippen LogP contribution is -2.71. The number of aliphatic hydroxyl groups is 8. The van der Waals surface area contributed by atoms with Gasteiger partial charge in [0.1, 0.15) is 36.6 Å². The quantitative estimate of drug-likeness (QED) is 0.108. The topological polar surface area (TPSA) is 272 Å². The summed E-state index contributed by atoms with van der Waals surface area (Å²) in [6.07, 6.45) is -9.64. The molecule has 1 unspecified atom stereocenters. The highest BCUT2D eigenvalue weighted by molar-refractivity contribution is 7.80. The Morgan fingerprint density at radius 2 is 1.40 bits per heavy atom. The molecule has 6 fully saturated rings. The standard InChI is InChI=1S/C40H70O17S/c1-19(2)21(11-14-53-36-34(32(47)26(44)17-54-36)56-37-33(52-6)31(46)25(43)18-55-37)8-7-20(3)22-15-24(42)35-38(22,4)13-10-28-39(5)12-9-23(41)30(45)29(39)27(16-40(28,35)48)57-58(49,50)51/h19-37,41-48H,7-18H2,1-6H3,(H,49,50,51)/t20-,21-,22-,23+,24-,25-,26-,27+,28-,29?,30+,31+,32+,33-,34-,35-,36-,37+,38-,39-,40+/m1/s1. The first-order chi connectivity index (χ1) is 27.1. The number of rotatable bonds is 14. The molecule has 0 aromatic rings. The van der Waals surface area contributed by atoms with Crippen LogP contribution in [0.2, 0.25) is 0 Å². The highest BCUT2D eigenvalue weighted by Gasteiger charge is 2.72. The summed E-state index contributed by atoms with van der Waals surface area (Å²) in [5, 5.41) is 88.1. The van der Waals surface area contributed by atoms with Crippen molar-refractivity contribution in [3.8, 4) is 0 Å². The molecule has 6 aliphatic rings. The molecule has 2 saturated heterocycles. The summed E-state index contributed by atoms with van der Waals surface area (Å²) >= 11 is 0. The fraction of sp³-hybridized carbons (Fsp3) is 1.00. The van der Waals surface area contributed by atoms with Crippen LogP contribution in [0.15, 0.2) is 0 Å². The molecule has 0 aromatic heterocycles. The third-order valence-electron chi connectivity index (χ3n) is 15.8. The molecule has 0 amide bonds. The molecule has 0 aromatic carbocycles. The van der Waals surface area contributed by atoms with E-state index in [1.54, 1.807) is 0 Å². The van der Waals surface area contributed by atoms with Crippen LogP contribution in [0, 0.1) is 52.3 Å². The van der Waals surface area contributed by atoms with Gasteiger partial charge in [-0.15, -0.1) is 0 Å². The van der Waals surface area contributed by atoms with Crippen LogP contribution in [-0.2, 0) is 38.3 Å². The average molecular weight is 855 g/mol. The van der Waals surface area contributed by atoms with Crippen molar-refractivity contribution < 1.29 is 81.7 Å².